The normalized spacial score (nSPS) is 11.2. The fraction of sp³-hybridized carbons (Fsp3) is 0.0800. The van der Waals surface area contributed by atoms with Gasteiger partial charge in [0.15, 0.2) is 0 Å². The average Bonchev–Trinajstić information content (AvgIpc) is 2.83. The van der Waals surface area contributed by atoms with Crippen LogP contribution in [0.15, 0.2) is 72.9 Å². The minimum Gasteiger partial charge on any atom is -0.457 e. The number of alkyl halides is 3. The molecule has 3 aromatic carbocycles. The number of fused-ring (bicyclic) bond motifs is 1. The summed E-state index contributed by atoms with van der Waals surface area (Å²) in [5.41, 5.74) is -0.607. The van der Waals surface area contributed by atoms with Gasteiger partial charge in [0, 0.05) is 30.6 Å². The molecule has 0 saturated carbocycles. The lowest BCUT2D eigenvalue weighted by Gasteiger charge is -2.13. The molecule has 0 saturated heterocycles. The average molecular weight is 500 g/mol. The number of hydrogen-bond acceptors (Lipinski definition) is 4. The first-order valence-corrected chi connectivity index (χ1v) is 10.6. The molecule has 0 radical (unpaired) electrons. The molecule has 35 heavy (non-hydrogen) atoms. The summed E-state index contributed by atoms with van der Waals surface area (Å²) in [4.78, 5) is 28.6. The second-order valence-corrected chi connectivity index (χ2v) is 7.80. The van der Waals surface area contributed by atoms with Crippen LogP contribution in [0.3, 0.4) is 0 Å². The Morgan fingerprint density at radius 3 is 2.46 bits per heavy atom. The Morgan fingerprint density at radius 2 is 1.71 bits per heavy atom. The Bertz CT molecular complexity index is 1440. The lowest BCUT2D eigenvalue weighted by Crippen LogP contribution is -2.18. The Labute approximate surface area is 202 Å². The lowest BCUT2D eigenvalue weighted by atomic mass is 10.0. The zero-order valence-corrected chi connectivity index (χ0v) is 18.9. The van der Waals surface area contributed by atoms with E-state index in [1.807, 2.05) is 0 Å². The molecule has 0 atom stereocenters. The number of nitrogens with zero attached hydrogens (tertiary/aromatic N) is 1. The Hall–Kier alpha value is -4.11. The van der Waals surface area contributed by atoms with Crippen LogP contribution in [0.2, 0.25) is 5.02 Å². The molecule has 0 aliphatic carbocycles. The van der Waals surface area contributed by atoms with Crippen LogP contribution in [-0.4, -0.2) is 23.8 Å². The molecule has 4 aromatic rings. The van der Waals surface area contributed by atoms with Crippen molar-refractivity contribution in [3.05, 3.63) is 94.8 Å². The van der Waals surface area contributed by atoms with Gasteiger partial charge in [-0.2, -0.15) is 13.2 Å². The number of nitrogens with one attached hydrogen (secondary N) is 2. The number of ether oxygens (including phenoxy) is 1. The van der Waals surface area contributed by atoms with Crippen LogP contribution in [-0.2, 0) is 6.18 Å². The number of pyridine rings is 1. The molecule has 2 amide bonds. The molecule has 10 heteroatoms. The van der Waals surface area contributed by atoms with E-state index < -0.39 is 22.7 Å². The van der Waals surface area contributed by atoms with Gasteiger partial charge >= 0.3 is 6.18 Å². The maximum Gasteiger partial charge on any atom is 0.417 e. The Kier molecular flexibility index (Phi) is 6.61. The van der Waals surface area contributed by atoms with Crippen LogP contribution in [0, 0.1) is 0 Å². The fourth-order valence-corrected chi connectivity index (χ4v) is 3.63. The van der Waals surface area contributed by atoms with Gasteiger partial charge in [0.05, 0.1) is 10.6 Å². The topological polar surface area (TPSA) is 80.3 Å². The molecule has 178 valence electrons. The highest BCUT2D eigenvalue weighted by molar-refractivity contribution is 6.31. The first kappa shape index (κ1) is 24.0. The summed E-state index contributed by atoms with van der Waals surface area (Å²) in [6, 6.07) is 16.3. The van der Waals surface area contributed by atoms with Gasteiger partial charge in [0.25, 0.3) is 11.8 Å². The summed E-state index contributed by atoms with van der Waals surface area (Å²) in [5, 5.41) is 5.77. The predicted octanol–water partition coefficient (Wildman–Crippen LogP) is 6.31. The van der Waals surface area contributed by atoms with Crippen molar-refractivity contribution in [2.75, 3.05) is 12.4 Å². The Balaban J connectivity index is 1.59. The molecule has 1 heterocycles. The van der Waals surface area contributed by atoms with Crippen LogP contribution in [0.5, 0.6) is 11.5 Å². The summed E-state index contributed by atoms with van der Waals surface area (Å²) >= 11 is 5.65. The van der Waals surface area contributed by atoms with E-state index in [1.165, 1.54) is 25.4 Å². The monoisotopic (exact) mass is 499 g/mol. The summed E-state index contributed by atoms with van der Waals surface area (Å²) in [7, 11) is 1.50. The minimum absolute atomic E-state index is 0.0340. The van der Waals surface area contributed by atoms with Crippen LogP contribution in [0.1, 0.15) is 26.4 Å². The molecule has 0 unspecified atom stereocenters. The van der Waals surface area contributed by atoms with Crippen molar-refractivity contribution in [2.45, 2.75) is 6.18 Å². The maximum absolute atomic E-state index is 13.1. The summed E-state index contributed by atoms with van der Waals surface area (Å²) in [5.74, 6) is -0.0802. The summed E-state index contributed by atoms with van der Waals surface area (Å²) < 4.78 is 45.3. The molecular formula is C25H17ClF3N3O3. The third kappa shape index (κ3) is 5.36. The highest BCUT2D eigenvalue weighted by Crippen LogP contribution is 2.36. The molecule has 0 aliphatic heterocycles. The predicted molar refractivity (Wildman–Crippen MR) is 126 cm³/mol. The van der Waals surface area contributed by atoms with Crippen molar-refractivity contribution in [3.63, 3.8) is 0 Å². The van der Waals surface area contributed by atoms with Crippen LogP contribution >= 0.6 is 11.6 Å². The van der Waals surface area contributed by atoms with Gasteiger partial charge in [-0.25, -0.2) is 0 Å². The molecule has 0 bridgehead atoms. The lowest BCUT2D eigenvalue weighted by molar-refractivity contribution is -0.137. The first-order valence-electron chi connectivity index (χ1n) is 10.2. The summed E-state index contributed by atoms with van der Waals surface area (Å²) in [6.45, 7) is 0. The molecule has 0 spiro atoms. The van der Waals surface area contributed by atoms with E-state index in [2.05, 4.69) is 15.6 Å². The standard InChI is InChI=1S/C25H17ClF3N3O3/c1-30-24(34)22-13-17(9-10-31-22)35-16-6-7-18-14(11-16)3-2-4-19(18)23(33)32-15-5-8-21(26)20(12-15)25(27,28)29/h2-13H,1H3,(H,30,34)(H,32,33). The molecular weight excluding hydrogens is 483 g/mol. The van der Waals surface area contributed by atoms with Gasteiger partial charge in [-0.1, -0.05) is 23.7 Å². The van der Waals surface area contributed by atoms with E-state index in [9.17, 15) is 22.8 Å². The number of anilines is 1. The molecule has 4 rings (SSSR count). The van der Waals surface area contributed by atoms with Gasteiger partial charge in [-0.05, 0) is 59.3 Å². The maximum atomic E-state index is 13.1. The van der Waals surface area contributed by atoms with Gasteiger partial charge < -0.3 is 15.4 Å². The van der Waals surface area contributed by atoms with Crippen molar-refractivity contribution in [1.82, 2.24) is 10.3 Å². The number of hydrogen-bond donors (Lipinski definition) is 2. The van der Waals surface area contributed by atoms with E-state index >= 15 is 0 Å². The number of halogens is 4. The molecule has 1 aromatic heterocycles. The van der Waals surface area contributed by atoms with Crippen molar-refractivity contribution < 1.29 is 27.5 Å². The number of carbonyl (C=O) groups is 2. The molecule has 0 aliphatic rings. The number of benzene rings is 3. The SMILES string of the molecule is CNC(=O)c1cc(Oc2ccc3c(C(=O)Nc4ccc(Cl)c(C(F)(F)F)c4)cccc3c2)ccn1. The van der Waals surface area contributed by atoms with Gasteiger partial charge in [-0.3, -0.25) is 14.6 Å². The van der Waals surface area contributed by atoms with Crippen LogP contribution in [0.25, 0.3) is 10.8 Å². The quantitative estimate of drug-likeness (QED) is 0.337. The second kappa shape index (κ2) is 9.63. The number of carbonyl (C=O) groups excluding carboxylic acids is 2. The van der Waals surface area contributed by atoms with Crippen molar-refractivity contribution in [3.8, 4) is 11.5 Å². The van der Waals surface area contributed by atoms with E-state index in [-0.39, 0.29) is 22.9 Å². The number of amides is 2. The largest absolute Gasteiger partial charge is 0.457 e. The third-order valence-corrected chi connectivity index (χ3v) is 5.38. The molecule has 0 fully saturated rings. The van der Waals surface area contributed by atoms with Crippen LogP contribution in [0.4, 0.5) is 18.9 Å². The first-order chi connectivity index (χ1) is 16.7. The molecule has 6 nitrogen and oxygen atoms in total. The van der Waals surface area contributed by atoms with Gasteiger partial charge in [0.1, 0.15) is 17.2 Å². The smallest absolute Gasteiger partial charge is 0.417 e. The van der Waals surface area contributed by atoms with Crippen LogP contribution < -0.4 is 15.4 Å². The van der Waals surface area contributed by atoms with Gasteiger partial charge in [-0.15, -0.1) is 0 Å². The number of rotatable bonds is 5. The van der Waals surface area contributed by atoms with Crippen molar-refractivity contribution >= 4 is 39.9 Å². The minimum atomic E-state index is -4.65. The fourth-order valence-electron chi connectivity index (χ4n) is 3.40. The zero-order valence-electron chi connectivity index (χ0n) is 18.1. The Morgan fingerprint density at radius 1 is 0.943 bits per heavy atom. The third-order valence-electron chi connectivity index (χ3n) is 5.05. The van der Waals surface area contributed by atoms with E-state index in [0.29, 0.717) is 22.3 Å². The highest BCUT2D eigenvalue weighted by Gasteiger charge is 2.33. The highest BCUT2D eigenvalue weighted by atomic mass is 35.5. The van der Waals surface area contributed by atoms with E-state index in [1.54, 1.807) is 42.5 Å². The summed E-state index contributed by atoms with van der Waals surface area (Å²) in [6.07, 6.45) is -3.20. The van der Waals surface area contributed by atoms with Crippen molar-refractivity contribution in [1.29, 1.82) is 0 Å². The molecule has 2 N–H and O–H groups in total. The van der Waals surface area contributed by atoms with E-state index in [0.717, 1.165) is 12.1 Å². The van der Waals surface area contributed by atoms with Gasteiger partial charge in [0.2, 0.25) is 0 Å². The van der Waals surface area contributed by atoms with Crippen molar-refractivity contribution in [2.24, 2.45) is 0 Å². The second-order valence-electron chi connectivity index (χ2n) is 7.39. The van der Waals surface area contributed by atoms with E-state index in [4.69, 9.17) is 16.3 Å². The zero-order chi connectivity index (χ0) is 25.2. The number of aromatic nitrogens is 1.